The van der Waals surface area contributed by atoms with Gasteiger partial charge < -0.3 is 19.0 Å². The molecular weight excluding hydrogens is 260 g/mol. The van der Waals surface area contributed by atoms with E-state index >= 15 is 0 Å². The summed E-state index contributed by atoms with van der Waals surface area (Å²) >= 11 is 0. The molecule has 106 valence electrons. The summed E-state index contributed by atoms with van der Waals surface area (Å²) in [7, 11) is 1.58. The van der Waals surface area contributed by atoms with Crippen molar-refractivity contribution in [3.05, 3.63) is 58.4 Å². The van der Waals surface area contributed by atoms with Crippen molar-refractivity contribution in [2.45, 2.75) is 6.54 Å². The zero-order valence-electron chi connectivity index (χ0n) is 11.2. The molecule has 0 aromatic carbocycles. The van der Waals surface area contributed by atoms with Crippen molar-refractivity contribution in [1.29, 1.82) is 0 Å². The van der Waals surface area contributed by atoms with Gasteiger partial charge in [-0.1, -0.05) is 0 Å². The van der Waals surface area contributed by atoms with Crippen LogP contribution in [0.5, 0.6) is 0 Å². The Balaban J connectivity index is 2.14. The molecule has 0 radical (unpaired) electrons. The molecule has 0 aliphatic heterocycles. The monoisotopic (exact) mass is 276 g/mol. The van der Waals surface area contributed by atoms with Crippen molar-refractivity contribution in [3.8, 4) is 0 Å². The maximum absolute atomic E-state index is 12.4. The van der Waals surface area contributed by atoms with Crippen molar-refractivity contribution in [2.75, 3.05) is 20.3 Å². The van der Waals surface area contributed by atoms with Gasteiger partial charge in [-0.05, 0) is 18.2 Å². The second-order valence-corrected chi connectivity index (χ2v) is 4.24. The van der Waals surface area contributed by atoms with Crippen molar-refractivity contribution >= 4 is 5.91 Å². The predicted octanol–water partition coefficient (Wildman–Crippen LogP) is 1.26. The third-order valence-electron chi connectivity index (χ3n) is 2.81. The molecule has 2 aromatic rings. The lowest BCUT2D eigenvalue weighted by Crippen LogP contribution is -2.33. The summed E-state index contributed by atoms with van der Waals surface area (Å²) in [4.78, 5) is 27.5. The van der Waals surface area contributed by atoms with Gasteiger partial charge in [-0.2, -0.15) is 0 Å². The van der Waals surface area contributed by atoms with E-state index in [1.165, 1.54) is 18.3 Å². The number of H-pyrrole nitrogens is 1. The van der Waals surface area contributed by atoms with Crippen LogP contribution in [0.1, 0.15) is 16.1 Å². The van der Waals surface area contributed by atoms with Crippen LogP contribution in [0.3, 0.4) is 0 Å². The number of aromatic nitrogens is 1. The largest absolute Gasteiger partial charge is 0.467 e. The van der Waals surface area contributed by atoms with Gasteiger partial charge in [0.1, 0.15) is 5.76 Å². The molecule has 2 heterocycles. The van der Waals surface area contributed by atoms with Crippen molar-refractivity contribution in [2.24, 2.45) is 0 Å². The molecular formula is C14H16N2O4. The number of carbonyl (C=O) groups excluding carboxylic acids is 1. The maximum atomic E-state index is 12.4. The molecule has 0 unspecified atom stereocenters. The molecule has 0 fully saturated rings. The lowest BCUT2D eigenvalue weighted by atomic mass is 10.2. The molecule has 2 rings (SSSR count). The van der Waals surface area contributed by atoms with Crippen LogP contribution in [0.15, 0.2) is 45.9 Å². The van der Waals surface area contributed by atoms with Crippen LogP contribution >= 0.6 is 0 Å². The van der Waals surface area contributed by atoms with E-state index in [4.69, 9.17) is 9.15 Å². The minimum atomic E-state index is -0.240. The van der Waals surface area contributed by atoms with Crippen LogP contribution in [0.2, 0.25) is 0 Å². The van der Waals surface area contributed by atoms with Gasteiger partial charge in [0.25, 0.3) is 5.91 Å². The zero-order valence-corrected chi connectivity index (χ0v) is 11.2. The Kier molecular flexibility index (Phi) is 4.73. The van der Waals surface area contributed by atoms with Gasteiger partial charge in [-0.15, -0.1) is 0 Å². The Labute approximate surface area is 116 Å². The average molecular weight is 276 g/mol. The molecule has 0 saturated carbocycles. The number of carbonyl (C=O) groups is 1. The number of rotatable bonds is 6. The van der Waals surface area contributed by atoms with Crippen LogP contribution in [-0.2, 0) is 11.3 Å². The Morgan fingerprint density at radius 1 is 1.40 bits per heavy atom. The van der Waals surface area contributed by atoms with Gasteiger partial charge in [0.15, 0.2) is 0 Å². The molecule has 0 saturated heterocycles. The second kappa shape index (κ2) is 6.72. The summed E-state index contributed by atoms with van der Waals surface area (Å²) in [6, 6.07) is 6.41. The molecule has 0 bridgehead atoms. The molecule has 0 spiro atoms. The normalized spacial score (nSPS) is 10.4. The summed E-state index contributed by atoms with van der Waals surface area (Å²) in [6.07, 6.45) is 2.97. The molecule has 2 aromatic heterocycles. The lowest BCUT2D eigenvalue weighted by molar-refractivity contribution is 0.0666. The number of ether oxygens (including phenoxy) is 1. The molecule has 0 aliphatic rings. The number of hydrogen-bond donors (Lipinski definition) is 1. The number of amides is 1. The molecule has 6 heteroatoms. The fraction of sp³-hybridized carbons (Fsp3) is 0.286. The number of methoxy groups -OCH3 is 1. The van der Waals surface area contributed by atoms with Crippen LogP contribution in [0.4, 0.5) is 0 Å². The Hall–Kier alpha value is -2.34. The highest BCUT2D eigenvalue weighted by molar-refractivity contribution is 5.93. The molecule has 6 nitrogen and oxygen atoms in total. The maximum Gasteiger partial charge on any atom is 0.255 e. The van der Waals surface area contributed by atoms with Crippen LogP contribution in [-0.4, -0.2) is 36.1 Å². The van der Waals surface area contributed by atoms with Crippen molar-refractivity contribution in [1.82, 2.24) is 9.88 Å². The Morgan fingerprint density at radius 2 is 2.25 bits per heavy atom. The van der Waals surface area contributed by atoms with Gasteiger partial charge in [-0.25, -0.2) is 0 Å². The predicted molar refractivity (Wildman–Crippen MR) is 72.4 cm³/mol. The number of pyridine rings is 1. The van der Waals surface area contributed by atoms with E-state index in [9.17, 15) is 9.59 Å². The van der Waals surface area contributed by atoms with Gasteiger partial charge in [0.05, 0.1) is 25.0 Å². The van der Waals surface area contributed by atoms with Crippen LogP contribution < -0.4 is 5.56 Å². The molecule has 0 aliphatic carbocycles. The highest BCUT2D eigenvalue weighted by Crippen LogP contribution is 2.09. The van der Waals surface area contributed by atoms with Crippen molar-refractivity contribution in [3.63, 3.8) is 0 Å². The summed E-state index contributed by atoms with van der Waals surface area (Å²) in [5.41, 5.74) is 0.184. The fourth-order valence-electron chi connectivity index (χ4n) is 1.77. The van der Waals surface area contributed by atoms with E-state index in [1.54, 1.807) is 30.4 Å². The third-order valence-corrected chi connectivity index (χ3v) is 2.81. The van der Waals surface area contributed by atoms with E-state index in [1.807, 2.05) is 0 Å². The summed E-state index contributed by atoms with van der Waals surface area (Å²) < 4.78 is 10.3. The highest BCUT2D eigenvalue weighted by Gasteiger charge is 2.17. The smallest absolute Gasteiger partial charge is 0.255 e. The van der Waals surface area contributed by atoms with Gasteiger partial charge in [0, 0.05) is 25.9 Å². The van der Waals surface area contributed by atoms with E-state index in [0.29, 0.717) is 31.0 Å². The zero-order chi connectivity index (χ0) is 14.4. The van der Waals surface area contributed by atoms with Crippen molar-refractivity contribution < 1.29 is 13.9 Å². The number of nitrogens with one attached hydrogen (secondary N) is 1. The van der Waals surface area contributed by atoms with Gasteiger partial charge >= 0.3 is 0 Å². The molecule has 0 atom stereocenters. The Morgan fingerprint density at radius 3 is 2.85 bits per heavy atom. The summed E-state index contributed by atoms with van der Waals surface area (Å²) in [5.74, 6) is 0.508. The SMILES string of the molecule is COCCN(Cc1ccco1)C(=O)c1ccc(=O)[nH]c1. The average Bonchev–Trinajstić information content (AvgIpc) is 2.96. The lowest BCUT2D eigenvalue weighted by Gasteiger charge is -2.21. The molecule has 1 amide bonds. The van der Waals surface area contributed by atoms with E-state index in [0.717, 1.165) is 0 Å². The summed E-state index contributed by atoms with van der Waals surface area (Å²) in [6.45, 7) is 1.22. The van der Waals surface area contributed by atoms with Gasteiger partial charge in [-0.3, -0.25) is 9.59 Å². The van der Waals surface area contributed by atoms with E-state index in [2.05, 4.69) is 4.98 Å². The minimum Gasteiger partial charge on any atom is -0.467 e. The summed E-state index contributed by atoms with van der Waals surface area (Å²) in [5, 5.41) is 0. The second-order valence-electron chi connectivity index (χ2n) is 4.24. The standard InChI is InChI=1S/C14H16N2O4/c1-19-8-6-16(10-12-3-2-7-20-12)14(18)11-4-5-13(17)15-9-11/h2-5,7,9H,6,8,10H2,1H3,(H,15,17). The Bertz CT molecular complexity index is 583. The topological polar surface area (TPSA) is 75.5 Å². The number of hydrogen-bond acceptors (Lipinski definition) is 4. The first-order chi connectivity index (χ1) is 9.70. The minimum absolute atomic E-state index is 0.185. The first kappa shape index (κ1) is 14.1. The number of nitrogens with zero attached hydrogens (tertiary/aromatic N) is 1. The number of furan rings is 1. The quantitative estimate of drug-likeness (QED) is 0.861. The molecule has 1 N–H and O–H groups in total. The highest BCUT2D eigenvalue weighted by atomic mass is 16.5. The van der Waals surface area contributed by atoms with Crippen LogP contribution in [0, 0.1) is 0 Å². The molecule has 20 heavy (non-hydrogen) atoms. The third kappa shape index (κ3) is 3.58. The van der Waals surface area contributed by atoms with E-state index in [-0.39, 0.29) is 11.5 Å². The van der Waals surface area contributed by atoms with Gasteiger partial charge in [0.2, 0.25) is 5.56 Å². The fourth-order valence-corrected chi connectivity index (χ4v) is 1.77. The first-order valence-corrected chi connectivity index (χ1v) is 6.20. The number of aromatic amines is 1. The first-order valence-electron chi connectivity index (χ1n) is 6.20. The van der Waals surface area contributed by atoms with Crippen LogP contribution in [0.25, 0.3) is 0 Å². The van der Waals surface area contributed by atoms with E-state index < -0.39 is 0 Å².